The van der Waals surface area contributed by atoms with Crippen LogP contribution >= 0.6 is 0 Å². The third-order valence-electron chi connectivity index (χ3n) is 4.90. The Bertz CT molecular complexity index is 819. The van der Waals surface area contributed by atoms with Crippen molar-refractivity contribution in [2.24, 2.45) is 0 Å². The van der Waals surface area contributed by atoms with Crippen LogP contribution in [0.2, 0.25) is 0 Å². The van der Waals surface area contributed by atoms with Gasteiger partial charge in [-0.15, -0.1) is 0 Å². The van der Waals surface area contributed by atoms with Gasteiger partial charge in [0.05, 0.1) is 11.7 Å². The molecule has 0 bridgehead atoms. The predicted molar refractivity (Wildman–Crippen MR) is 95.7 cm³/mol. The van der Waals surface area contributed by atoms with Crippen LogP contribution in [-0.4, -0.2) is 36.9 Å². The van der Waals surface area contributed by atoms with Crippen LogP contribution < -0.4 is 5.69 Å². The summed E-state index contributed by atoms with van der Waals surface area (Å²) in [5.74, 6) is 1.37. The third kappa shape index (κ3) is 3.59. The van der Waals surface area contributed by atoms with E-state index in [1.54, 1.807) is 9.47 Å². The van der Waals surface area contributed by atoms with E-state index in [0.717, 1.165) is 43.6 Å². The molecule has 1 fully saturated rings. The third-order valence-corrected chi connectivity index (χ3v) is 4.90. The van der Waals surface area contributed by atoms with Gasteiger partial charge in [0.2, 0.25) is 5.91 Å². The summed E-state index contributed by atoms with van der Waals surface area (Å²) in [6, 6.07) is 1.77. The molecular formula is C18H27N5O3. The molecule has 26 heavy (non-hydrogen) atoms. The summed E-state index contributed by atoms with van der Waals surface area (Å²) in [7, 11) is 0. The van der Waals surface area contributed by atoms with Crippen molar-refractivity contribution in [2.75, 3.05) is 6.54 Å². The van der Waals surface area contributed by atoms with Crippen molar-refractivity contribution in [2.45, 2.75) is 72.0 Å². The molecule has 0 N–H and O–H groups in total. The van der Waals surface area contributed by atoms with E-state index in [1.165, 1.54) is 4.68 Å². The zero-order valence-electron chi connectivity index (χ0n) is 15.8. The number of nitrogens with zero attached hydrogens (tertiary/aromatic N) is 5. The fourth-order valence-corrected chi connectivity index (χ4v) is 3.55. The Labute approximate surface area is 152 Å². The second-order valence-corrected chi connectivity index (χ2v) is 6.82. The Kier molecular flexibility index (Phi) is 5.58. The van der Waals surface area contributed by atoms with E-state index < -0.39 is 0 Å². The normalized spacial score (nSPS) is 17.2. The number of carbonyl (C=O) groups excluding carboxylic acids is 1. The standard InChI is InChI=1S/C18H27N5O3/c1-4-6-9-16-19-23(18(25)21(16)5-2)12-17(24)22-10-7-8-14(22)15-11-13(3)20-26-15/h11,14H,4-10,12H2,1-3H3/t14-/m1/s1. The molecule has 1 atom stereocenters. The number of rotatable bonds is 7. The van der Waals surface area contributed by atoms with Gasteiger partial charge in [0.15, 0.2) is 5.76 Å². The van der Waals surface area contributed by atoms with Gasteiger partial charge in [0.25, 0.3) is 0 Å². The first kappa shape index (κ1) is 18.4. The van der Waals surface area contributed by atoms with Crippen LogP contribution in [0.5, 0.6) is 0 Å². The van der Waals surface area contributed by atoms with Crippen LogP contribution in [0.25, 0.3) is 0 Å². The van der Waals surface area contributed by atoms with Crippen molar-refractivity contribution in [1.82, 2.24) is 24.4 Å². The lowest BCUT2D eigenvalue weighted by molar-refractivity contribution is -0.133. The Hall–Kier alpha value is -2.38. The molecule has 1 aliphatic heterocycles. The first-order valence-corrected chi connectivity index (χ1v) is 9.44. The summed E-state index contributed by atoms with van der Waals surface area (Å²) in [6.07, 6.45) is 4.53. The van der Waals surface area contributed by atoms with Crippen LogP contribution in [0.3, 0.4) is 0 Å². The maximum Gasteiger partial charge on any atom is 0.346 e. The van der Waals surface area contributed by atoms with Crippen LogP contribution in [0.15, 0.2) is 15.4 Å². The summed E-state index contributed by atoms with van der Waals surface area (Å²) in [5, 5.41) is 8.34. The Morgan fingerprint density at radius 2 is 2.19 bits per heavy atom. The van der Waals surface area contributed by atoms with Crippen molar-refractivity contribution < 1.29 is 9.32 Å². The first-order valence-electron chi connectivity index (χ1n) is 9.44. The topological polar surface area (TPSA) is 86.2 Å². The molecule has 142 valence electrons. The number of aryl methyl sites for hydroxylation is 2. The molecule has 2 aromatic heterocycles. The second kappa shape index (κ2) is 7.88. The number of likely N-dealkylation sites (tertiary alicyclic amines) is 1. The van der Waals surface area contributed by atoms with E-state index in [0.29, 0.717) is 18.8 Å². The van der Waals surface area contributed by atoms with Crippen molar-refractivity contribution in [3.05, 3.63) is 33.8 Å². The molecule has 1 amide bonds. The van der Waals surface area contributed by atoms with Gasteiger partial charge in [-0.2, -0.15) is 5.10 Å². The van der Waals surface area contributed by atoms with E-state index in [1.807, 2.05) is 19.9 Å². The van der Waals surface area contributed by atoms with Crippen molar-refractivity contribution >= 4 is 5.91 Å². The van der Waals surface area contributed by atoms with Gasteiger partial charge in [-0.1, -0.05) is 18.5 Å². The number of unbranched alkanes of at least 4 members (excludes halogenated alkanes) is 1. The number of carbonyl (C=O) groups is 1. The Balaban J connectivity index is 1.77. The summed E-state index contributed by atoms with van der Waals surface area (Å²) >= 11 is 0. The average molecular weight is 361 g/mol. The minimum atomic E-state index is -0.210. The fourth-order valence-electron chi connectivity index (χ4n) is 3.55. The van der Waals surface area contributed by atoms with Crippen molar-refractivity contribution in [3.8, 4) is 0 Å². The Morgan fingerprint density at radius 3 is 2.85 bits per heavy atom. The van der Waals surface area contributed by atoms with Gasteiger partial charge in [-0.25, -0.2) is 9.48 Å². The van der Waals surface area contributed by atoms with Crippen LogP contribution in [-0.2, 0) is 24.3 Å². The molecule has 8 nitrogen and oxygen atoms in total. The quantitative estimate of drug-likeness (QED) is 0.753. The van der Waals surface area contributed by atoms with E-state index in [9.17, 15) is 9.59 Å². The molecule has 0 radical (unpaired) electrons. The smallest absolute Gasteiger partial charge is 0.346 e. The van der Waals surface area contributed by atoms with Gasteiger partial charge >= 0.3 is 5.69 Å². The minimum Gasteiger partial charge on any atom is -0.359 e. The monoisotopic (exact) mass is 361 g/mol. The van der Waals surface area contributed by atoms with Crippen LogP contribution in [0.1, 0.15) is 62.9 Å². The highest BCUT2D eigenvalue weighted by Crippen LogP contribution is 2.32. The highest BCUT2D eigenvalue weighted by atomic mass is 16.5. The van der Waals surface area contributed by atoms with Gasteiger partial charge in [0.1, 0.15) is 12.4 Å². The van der Waals surface area contributed by atoms with E-state index >= 15 is 0 Å². The lowest BCUT2D eigenvalue weighted by Crippen LogP contribution is -2.36. The Morgan fingerprint density at radius 1 is 1.38 bits per heavy atom. The minimum absolute atomic E-state index is 0.0332. The maximum atomic E-state index is 12.8. The van der Waals surface area contributed by atoms with E-state index in [2.05, 4.69) is 17.2 Å². The van der Waals surface area contributed by atoms with Gasteiger partial charge in [0, 0.05) is 25.6 Å². The highest BCUT2D eigenvalue weighted by Gasteiger charge is 2.33. The summed E-state index contributed by atoms with van der Waals surface area (Å²) in [6.45, 7) is 7.09. The molecule has 0 aliphatic carbocycles. The second-order valence-electron chi connectivity index (χ2n) is 6.82. The number of hydrogen-bond acceptors (Lipinski definition) is 5. The molecule has 0 saturated carbocycles. The number of amides is 1. The molecule has 8 heteroatoms. The lowest BCUT2D eigenvalue weighted by atomic mass is 10.1. The van der Waals surface area contributed by atoms with Crippen LogP contribution in [0.4, 0.5) is 0 Å². The summed E-state index contributed by atoms with van der Waals surface area (Å²) in [4.78, 5) is 27.2. The average Bonchev–Trinajstić information content (AvgIpc) is 3.32. The molecule has 1 aliphatic rings. The predicted octanol–water partition coefficient (Wildman–Crippen LogP) is 2.07. The molecule has 0 spiro atoms. The number of hydrogen-bond donors (Lipinski definition) is 0. The first-order chi connectivity index (χ1) is 12.5. The van der Waals surface area contributed by atoms with E-state index in [4.69, 9.17) is 4.52 Å². The highest BCUT2D eigenvalue weighted by molar-refractivity contribution is 5.76. The molecule has 3 rings (SSSR count). The van der Waals surface area contributed by atoms with Crippen molar-refractivity contribution in [1.29, 1.82) is 0 Å². The summed E-state index contributed by atoms with van der Waals surface area (Å²) in [5.41, 5.74) is 0.594. The van der Waals surface area contributed by atoms with Gasteiger partial charge < -0.3 is 9.42 Å². The maximum absolute atomic E-state index is 12.8. The summed E-state index contributed by atoms with van der Waals surface area (Å²) < 4.78 is 8.32. The van der Waals surface area contributed by atoms with E-state index in [-0.39, 0.29) is 24.2 Å². The lowest BCUT2D eigenvalue weighted by Gasteiger charge is -2.22. The molecule has 2 aromatic rings. The zero-order valence-corrected chi connectivity index (χ0v) is 15.8. The van der Waals surface area contributed by atoms with Crippen molar-refractivity contribution in [3.63, 3.8) is 0 Å². The van der Waals surface area contributed by atoms with Gasteiger partial charge in [-0.3, -0.25) is 9.36 Å². The number of aromatic nitrogens is 4. The SMILES string of the molecule is CCCCc1nn(CC(=O)N2CCC[C@@H]2c2cc(C)no2)c(=O)n1CC. The molecule has 3 heterocycles. The molecule has 0 aromatic carbocycles. The molecule has 1 saturated heterocycles. The fraction of sp³-hybridized carbons (Fsp3) is 0.667. The van der Waals surface area contributed by atoms with Crippen LogP contribution in [0, 0.1) is 6.92 Å². The molecule has 0 unspecified atom stereocenters. The van der Waals surface area contributed by atoms with Gasteiger partial charge in [-0.05, 0) is 33.1 Å². The zero-order chi connectivity index (χ0) is 18.7. The molecular weight excluding hydrogens is 334 g/mol. The largest absolute Gasteiger partial charge is 0.359 e.